The van der Waals surface area contributed by atoms with Gasteiger partial charge < -0.3 is 15.3 Å². The summed E-state index contributed by atoms with van der Waals surface area (Å²) < 4.78 is 0. The van der Waals surface area contributed by atoms with Crippen molar-refractivity contribution in [1.29, 1.82) is 0 Å². The molecule has 1 aliphatic heterocycles. The minimum absolute atomic E-state index is 0.297. The van der Waals surface area contributed by atoms with Gasteiger partial charge in [-0.3, -0.25) is 5.43 Å². The molecule has 0 aromatic carbocycles. The highest BCUT2D eigenvalue weighted by atomic mass is 16.3. The largest absolute Gasteiger partial charge is 0.393 e. The number of nitrogens with two attached hydrogens (primary N) is 1. The lowest BCUT2D eigenvalue weighted by Gasteiger charge is -2.17. The molecule has 1 fully saturated rings. The smallest absolute Gasteiger partial charge is 0.243 e. The Morgan fingerprint density at radius 3 is 2.60 bits per heavy atom. The third-order valence-electron chi connectivity index (χ3n) is 3.37. The molecular formula is C12H23N7O. The summed E-state index contributed by atoms with van der Waals surface area (Å²) in [6.07, 6.45) is 3.42. The molecule has 1 aromatic heterocycles. The van der Waals surface area contributed by atoms with Gasteiger partial charge in [-0.1, -0.05) is 6.92 Å². The van der Waals surface area contributed by atoms with E-state index in [1.54, 1.807) is 0 Å². The Morgan fingerprint density at radius 2 is 1.95 bits per heavy atom. The van der Waals surface area contributed by atoms with E-state index in [0.29, 0.717) is 30.8 Å². The molecule has 1 saturated heterocycles. The molecule has 2 heterocycles. The zero-order chi connectivity index (χ0) is 14.4. The van der Waals surface area contributed by atoms with Crippen molar-refractivity contribution >= 4 is 17.8 Å². The summed E-state index contributed by atoms with van der Waals surface area (Å²) in [5.74, 6) is 6.87. The van der Waals surface area contributed by atoms with Gasteiger partial charge in [0.2, 0.25) is 17.8 Å². The molecule has 2 rings (SSSR count). The Labute approximate surface area is 118 Å². The summed E-state index contributed by atoms with van der Waals surface area (Å²) in [5, 5.41) is 12.6. The van der Waals surface area contributed by atoms with Crippen molar-refractivity contribution < 1.29 is 5.11 Å². The van der Waals surface area contributed by atoms with Gasteiger partial charge in [0.1, 0.15) is 0 Å². The molecule has 0 aliphatic carbocycles. The quantitative estimate of drug-likeness (QED) is 0.418. The third-order valence-corrected chi connectivity index (χ3v) is 3.37. The van der Waals surface area contributed by atoms with Crippen molar-refractivity contribution in [3.63, 3.8) is 0 Å². The predicted molar refractivity (Wildman–Crippen MR) is 78.5 cm³/mol. The van der Waals surface area contributed by atoms with Gasteiger partial charge in [-0.25, -0.2) is 5.84 Å². The Kier molecular flexibility index (Phi) is 5.31. The zero-order valence-electron chi connectivity index (χ0n) is 11.8. The van der Waals surface area contributed by atoms with Crippen molar-refractivity contribution in [2.75, 3.05) is 35.3 Å². The molecule has 0 spiro atoms. The Morgan fingerprint density at radius 1 is 1.25 bits per heavy atom. The van der Waals surface area contributed by atoms with Crippen molar-refractivity contribution in [2.45, 2.75) is 38.7 Å². The van der Waals surface area contributed by atoms with E-state index in [0.717, 1.165) is 32.4 Å². The van der Waals surface area contributed by atoms with Gasteiger partial charge in [0.05, 0.1) is 6.10 Å². The first kappa shape index (κ1) is 14.7. The maximum absolute atomic E-state index is 9.53. The highest BCUT2D eigenvalue weighted by molar-refractivity contribution is 5.43. The SMILES string of the molecule is CCC(O)CCNc1nc(NN)nc(N2CCCC2)n1. The van der Waals surface area contributed by atoms with E-state index in [2.05, 4.69) is 30.6 Å². The Balaban J connectivity index is 2.01. The van der Waals surface area contributed by atoms with Crippen LogP contribution in [0.3, 0.4) is 0 Å². The zero-order valence-corrected chi connectivity index (χ0v) is 11.8. The van der Waals surface area contributed by atoms with Crippen molar-refractivity contribution in [1.82, 2.24) is 15.0 Å². The second-order valence-electron chi connectivity index (χ2n) is 4.90. The first-order chi connectivity index (χ1) is 9.72. The number of aliphatic hydroxyl groups excluding tert-OH is 1. The van der Waals surface area contributed by atoms with Crippen LogP contribution in [0.2, 0.25) is 0 Å². The van der Waals surface area contributed by atoms with E-state index < -0.39 is 0 Å². The van der Waals surface area contributed by atoms with E-state index in [9.17, 15) is 5.11 Å². The van der Waals surface area contributed by atoms with Gasteiger partial charge in [-0.2, -0.15) is 15.0 Å². The van der Waals surface area contributed by atoms with Crippen LogP contribution in [0.4, 0.5) is 17.8 Å². The lowest BCUT2D eigenvalue weighted by Crippen LogP contribution is -2.23. The molecule has 1 atom stereocenters. The van der Waals surface area contributed by atoms with E-state index in [-0.39, 0.29) is 6.10 Å². The summed E-state index contributed by atoms with van der Waals surface area (Å²) in [6.45, 7) is 4.49. The highest BCUT2D eigenvalue weighted by Gasteiger charge is 2.17. The van der Waals surface area contributed by atoms with Crippen LogP contribution in [0.5, 0.6) is 0 Å². The molecule has 8 nitrogen and oxygen atoms in total. The Bertz CT molecular complexity index is 422. The topological polar surface area (TPSA) is 112 Å². The van der Waals surface area contributed by atoms with Gasteiger partial charge in [-0.15, -0.1) is 0 Å². The summed E-state index contributed by atoms with van der Waals surface area (Å²) in [5.41, 5.74) is 2.46. The van der Waals surface area contributed by atoms with Gasteiger partial charge in [0.25, 0.3) is 0 Å². The first-order valence-corrected chi connectivity index (χ1v) is 7.12. The van der Waals surface area contributed by atoms with Crippen LogP contribution in [-0.2, 0) is 0 Å². The number of hydrogen-bond donors (Lipinski definition) is 4. The van der Waals surface area contributed by atoms with Crippen LogP contribution in [0, 0.1) is 0 Å². The summed E-state index contributed by atoms with van der Waals surface area (Å²) in [7, 11) is 0. The number of hydrazine groups is 1. The molecule has 112 valence electrons. The maximum Gasteiger partial charge on any atom is 0.243 e. The Hall–Kier alpha value is -1.67. The lowest BCUT2D eigenvalue weighted by atomic mass is 10.2. The van der Waals surface area contributed by atoms with Crippen molar-refractivity contribution in [3.8, 4) is 0 Å². The van der Waals surface area contributed by atoms with Gasteiger partial charge >= 0.3 is 0 Å². The first-order valence-electron chi connectivity index (χ1n) is 7.12. The number of nitrogens with one attached hydrogen (secondary N) is 2. The van der Waals surface area contributed by atoms with E-state index in [4.69, 9.17) is 5.84 Å². The molecule has 1 aliphatic rings. The summed E-state index contributed by atoms with van der Waals surface area (Å²) in [6, 6.07) is 0. The maximum atomic E-state index is 9.53. The normalized spacial score (nSPS) is 16.2. The van der Waals surface area contributed by atoms with E-state index >= 15 is 0 Å². The third kappa shape index (κ3) is 3.91. The molecular weight excluding hydrogens is 258 g/mol. The number of nitrogen functional groups attached to an aromatic ring is 1. The van der Waals surface area contributed by atoms with E-state index in [1.165, 1.54) is 0 Å². The fourth-order valence-corrected chi connectivity index (χ4v) is 2.12. The lowest BCUT2D eigenvalue weighted by molar-refractivity contribution is 0.164. The standard InChI is InChI=1S/C12H23N7O/c1-2-9(20)5-6-14-10-15-11(18-13)17-12(16-10)19-7-3-4-8-19/h9,20H,2-8,13H2,1H3,(H2,14,15,16,17,18). The average molecular weight is 281 g/mol. The number of aliphatic hydroxyl groups is 1. The number of rotatable bonds is 7. The minimum atomic E-state index is -0.297. The molecule has 5 N–H and O–H groups in total. The average Bonchev–Trinajstić information content (AvgIpc) is 3.01. The monoisotopic (exact) mass is 281 g/mol. The van der Waals surface area contributed by atoms with Crippen molar-refractivity contribution in [2.24, 2.45) is 5.84 Å². The van der Waals surface area contributed by atoms with Crippen LogP contribution >= 0.6 is 0 Å². The second kappa shape index (κ2) is 7.20. The molecule has 0 radical (unpaired) electrons. The molecule has 0 amide bonds. The van der Waals surface area contributed by atoms with Crippen molar-refractivity contribution in [3.05, 3.63) is 0 Å². The molecule has 0 bridgehead atoms. The fraction of sp³-hybridized carbons (Fsp3) is 0.750. The fourth-order valence-electron chi connectivity index (χ4n) is 2.12. The second-order valence-corrected chi connectivity index (χ2v) is 4.90. The number of nitrogens with zero attached hydrogens (tertiary/aromatic N) is 4. The van der Waals surface area contributed by atoms with Crippen LogP contribution < -0.4 is 21.5 Å². The van der Waals surface area contributed by atoms with E-state index in [1.807, 2.05) is 6.92 Å². The number of anilines is 3. The van der Waals surface area contributed by atoms with Gasteiger partial charge in [-0.05, 0) is 25.7 Å². The molecule has 1 unspecified atom stereocenters. The van der Waals surface area contributed by atoms with Crippen LogP contribution in [0.15, 0.2) is 0 Å². The van der Waals surface area contributed by atoms with Crippen LogP contribution in [-0.4, -0.2) is 45.8 Å². The van der Waals surface area contributed by atoms with Gasteiger partial charge in [0, 0.05) is 19.6 Å². The van der Waals surface area contributed by atoms with Crippen LogP contribution in [0.25, 0.3) is 0 Å². The molecule has 8 heteroatoms. The van der Waals surface area contributed by atoms with Gasteiger partial charge in [0.15, 0.2) is 0 Å². The molecule has 20 heavy (non-hydrogen) atoms. The summed E-state index contributed by atoms with van der Waals surface area (Å²) in [4.78, 5) is 15.0. The molecule has 1 aromatic rings. The molecule has 0 saturated carbocycles. The minimum Gasteiger partial charge on any atom is -0.393 e. The highest BCUT2D eigenvalue weighted by Crippen LogP contribution is 2.18. The summed E-state index contributed by atoms with van der Waals surface area (Å²) >= 11 is 0. The number of hydrogen-bond acceptors (Lipinski definition) is 8. The predicted octanol–water partition coefficient (Wildman–Crippen LogP) is 0.330. The number of aromatic nitrogens is 3. The van der Waals surface area contributed by atoms with Crippen LogP contribution in [0.1, 0.15) is 32.6 Å².